The highest BCUT2D eigenvalue weighted by atomic mass is 16.5. The second kappa shape index (κ2) is 10.2. The van der Waals surface area contributed by atoms with Crippen LogP contribution in [0.3, 0.4) is 0 Å². The van der Waals surface area contributed by atoms with E-state index in [0.717, 1.165) is 18.4 Å². The second-order valence-electron chi connectivity index (χ2n) is 5.41. The largest absolute Gasteiger partial charge is 0.478 e. The van der Waals surface area contributed by atoms with Crippen LogP contribution in [0.2, 0.25) is 0 Å². The van der Waals surface area contributed by atoms with Crippen LogP contribution in [0.25, 0.3) is 6.08 Å². The Hall–Kier alpha value is -2.62. The number of unbranched alkanes of at least 4 members (excludes halogenated alkanes) is 1. The summed E-state index contributed by atoms with van der Waals surface area (Å²) in [5.74, 6) is -2.05. The molecule has 0 fully saturated rings. The molecule has 0 spiro atoms. The minimum Gasteiger partial charge on any atom is -0.478 e. The second-order valence-corrected chi connectivity index (χ2v) is 5.41. The minimum absolute atomic E-state index is 0.208. The first-order valence-electron chi connectivity index (χ1n) is 7.94. The average Bonchev–Trinajstić information content (AvgIpc) is 2.60. The number of methoxy groups -OCH3 is 1. The fourth-order valence-electron chi connectivity index (χ4n) is 2.16. The molecule has 1 N–H and O–H groups in total. The van der Waals surface area contributed by atoms with Gasteiger partial charge < -0.3 is 9.84 Å². The predicted molar refractivity (Wildman–Crippen MR) is 95.4 cm³/mol. The standard InChI is InChI=1S/C20H24O4/c1-4-5-11-18(19(21)22)14-17(15(2)20(23)24-3)13-12-16-9-7-6-8-10-16/h6-10,12-14,17H,2,4-5,11H2,1,3H3,(H,21,22). The van der Waals surface area contributed by atoms with Crippen molar-refractivity contribution >= 4 is 18.0 Å². The number of benzene rings is 1. The topological polar surface area (TPSA) is 63.6 Å². The SMILES string of the molecule is C=C(C(=O)OC)C(C=Cc1ccccc1)C=C(CCCC)C(=O)O. The molecule has 0 saturated heterocycles. The Labute approximate surface area is 143 Å². The molecule has 1 unspecified atom stereocenters. The van der Waals surface area contributed by atoms with Crippen molar-refractivity contribution in [1.82, 2.24) is 0 Å². The molecular weight excluding hydrogens is 304 g/mol. The van der Waals surface area contributed by atoms with Gasteiger partial charge in [-0.2, -0.15) is 0 Å². The number of esters is 1. The lowest BCUT2D eigenvalue weighted by Gasteiger charge is -2.12. The number of carboxylic acid groups (broad SMARTS) is 1. The average molecular weight is 328 g/mol. The lowest BCUT2D eigenvalue weighted by atomic mass is 9.94. The zero-order valence-corrected chi connectivity index (χ0v) is 14.2. The lowest BCUT2D eigenvalue weighted by Crippen LogP contribution is -2.12. The molecule has 0 bridgehead atoms. The molecule has 0 aromatic heterocycles. The van der Waals surface area contributed by atoms with Gasteiger partial charge >= 0.3 is 11.9 Å². The zero-order chi connectivity index (χ0) is 17.9. The third-order valence-corrected chi connectivity index (χ3v) is 3.60. The number of allylic oxidation sites excluding steroid dienone is 2. The molecule has 1 aromatic rings. The molecule has 0 aliphatic heterocycles. The van der Waals surface area contributed by atoms with Gasteiger partial charge in [0.25, 0.3) is 0 Å². The van der Waals surface area contributed by atoms with Crippen LogP contribution in [-0.2, 0) is 14.3 Å². The molecule has 1 aromatic carbocycles. The van der Waals surface area contributed by atoms with E-state index < -0.39 is 17.9 Å². The Morgan fingerprint density at radius 2 is 1.96 bits per heavy atom. The van der Waals surface area contributed by atoms with Gasteiger partial charge in [0.2, 0.25) is 0 Å². The maximum Gasteiger partial charge on any atom is 0.334 e. The van der Waals surface area contributed by atoms with Crippen LogP contribution in [0, 0.1) is 5.92 Å². The number of aliphatic carboxylic acids is 1. The molecular formula is C20H24O4. The highest BCUT2D eigenvalue weighted by Crippen LogP contribution is 2.20. The number of hydrogen-bond donors (Lipinski definition) is 1. The van der Waals surface area contributed by atoms with E-state index in [-0.39, 0.29) is 11.1 Å². The molecule has 1 rings (SSSR count). The number of carbonyl (C=O) groups excluding carboxylic acids is 1. The molecule has 128 valence electrons. The van der Waals surface area contributed by atoms with Gasteiger partial charge in [0.1, 0.15) is 0 Å². The van der Waals surface area contributed by atoms with E-state index in [9.17, 15) is 14.7 Å². The molecule has 4 nitrogen and oxygen atoms in total. The van der Waals surface area contributed by atoms with E-state index in [0.29, 0.717) is 6.42 Å². The molecule has 0 amide bonds. The summed E-state index contributed by atoms with van der Waals surface area (Å²) < 4.78 is 4.72. The van der Waals surface area contributed by atoms with Crippen molar-refractivity contribution < 1.29 is 19.4 Å². The summed E-state index contributed by atoms with van der Waals surface area (Å²) in [6, 6.07) is 9.57. The smallest absolute Gasteiger partial charge is 0.334 e. The maximum absolute atomic E-state index is 11.8. The quantitative estimate of drug-likeness (QED) is 0.544. The number of carboxylic acids is 1. The van der Waals surface area contributed by atoms with Crippen LogP contribution in [0.1, 0.15) is 31.7 Å². The Morgan fingerprint density at radius 3 is 2.50 bits per heavy atom. The molecule has 0 saturated carbocycles. The van der Waals surface area contributed by atoms with E-state index in [1.165, 1.54) is 7.11 Å². The Bertz CT molecular complexity index is 626. The van der Waals surface area contributed by atoms with Crippen molar-refractivity contribution in [3.05, 3.63) is 65.8 Å². The molecule has 0 aliphatic rings. The monoisotopic (exact) mass is 328 g/mol. The fourth-order valence-corrected chi connectivity index (χ4v) is 2.16. The fraction of sp³-hybridized carbons (Fsp3) is 0.300. The highest BCUT2D eigenvalue weighted by Gasteiger charge is 2.18. The normalized spacial score (nSPS) is 12.8. The summed E-state index contributed by atoms with van der Waals surface area (Å²) in [6.07, 6.45) is 7.32. The molecule has 0 heterocycles. The number of ether oxygens (including phenoxy) is 1. The van der Waals surface area contributed by atoms with Crippen molar-refractivity contribution in [2.75, 3.05) is 7.11 Å². The summed E-state index contributed by atoms with van der Waals surface area (Å²) in [7, 11) is 1.28. The maximum atomic E-state index is 11.8. The predicted octanol–water partition coefficient (Wildman–Crippen LogP) is 4.25. The van der Waals surface area contributed by atoms with Gasteiger partial charge in [-0.05, 0) is 18.4 Å². The zero-order valence-electron chi connectivity index (χ0n) is 14.2. The van der Waals surface area contributed by atoms with Gasteiger partial charge in [-0.15, -0.1) is 0 Å². The van der Waals surface area contributed by atoms with E-state index >= 15 is 0 Å². The van der Waals surface area contributed by atoms with Crippen molar-refractivity contribution in [2.24, 2.45) is 5.92 Å². The van der Waals surface area contributed by atoms with Gasteiger partial charge in [0.05, 0.1) is 7.11 Å². The first-order chi connectivity index (χ1) is 11.5. The first-order valence-corrected chi connectivity index (χ1v) is 7.94. The van der Waals surface area contributed by atoms with Crippen LogP contribution >= 0.6 is 0 Å². The summed E-state index contributed by atoms with van der Waals surface area (Å²) in [4.78, 5) is 23.2. The number of rotatable bonds is 9. The van der Waals surface area contributed by atoms with Gasteiger partial charge in [-0.3, -0.25) is 0 Å². The lowest BCUT2D eigenvalue weighted by molar-refractivity contribution is -0.136. The van der Waals surface area contributed by atoms with Crippen LogP contribution in [0.5, 0.6) is 0 Å². The molecule has 24 heavy (non-hydrogen) atoms. The van der Waals surface area contributed by atoms with Crippen LogP contribution in [0.15, 0.2) is 60.2 Å². The molecule has 0 aliphatic carbocycles. The van der Waals surface area contributed by atoms with Crippen LogP contribution in [-0.4, -0.2) is 24.2 Å². The summed E-state index contributed by atoms with van der Waals surface area (Å²) in [5, 5.41) is 9.37. The van der Waals surface area contributed by atoms with E-state index in [1.54, 1.807) is 12.2 Å². The Morgan fingerprint density at radius 1 is 1.29 bits per heavy atom. The molecule has 0 radical (unpaired) electrons. The van der Waals surface area contributed by atoms with E-state index in [2.05, 4.69) is 6.58 Å². The summed E-state index contributed by atoms with van der Waals surface area (Å²) in [5.41, 5.74) is 1.45. The number of carbonyl (C=O) groups is 2. The van der Waals surface area contributed by atoms with Gasteiger partial charge in [0.15, 0.2) is 0 Å². The number of hydrogen-bond acceptors (Lipinski definition) is 3. The minimum atomic E-state index is -0.973. The summed E-state index contributed by atoms with van der Waals surface area (Å²) in [6.45, 7) is 5.77. The van der Waals surface area contributed by atoms with Crippen molar-refractivity contribution in [1.29, 1.82) is 0 Å². The van der Waals surface area contributed by atoms with E-state index in [4.69, 9.17) is 4.74 Å². The van der Waals surface area contributed by atoms with Gasteiger partial charge in [0, 0.05) is 17.1 Å². The van der Waals surface area contributed by atoms with Crippen molar-refractivity contribution in [3.8, 4) is 0 Å². The summed E-state index contributed by atoms with van der Waals surface area (Å²) >= 11 is 0. The van der Waals surface area contributed by atoms with E-state index in [1.807, 2.05) is 43.3 Å². The van der Waals surface area contributed by atoms with Crippen molar-refractivity contribution in [2.45, 2.75) is 26.2 Å². The highest BCUT2D eigenvalue weighted by molar-refractivity contribution is 5.91. The van der Waals surface area contributed by atoms with Crippen molar-refractivity contribution in [3.63, 3.8) is 0 Å². The third-order valence-electron chi connectivity index (χ3n) is 3.60. The van der Waals surface area contributed by atoms with Crippen LogP contribution in [0.4, 0.5) is 0 Å². The molecule has 4 heteroatoms. The van der Waals surface area contributed by atoms with Crippen LogP contribution < -0.4 is 0 Å². The molecule has 1 atom stereocenters. The Balaban J connectivity index is 3.12. The third kappa shape index (κ3) is 6.24. The first kappa shape index (κ1) is 19.4. The Kier molecular flexibility index (Phi) is 8.26. The van der Waals surface area contributed by atoms with Gasteiger partial charge in [-0.25, -0.2) is 9.59 Å². The van der Waals surface area contributed by atoms with Gasteiger partial charge in [-0.1, -0.05) is 68.5 Å².